The standard InChI is InChI=1S/C67H120O6/c1-4-7-10-13-16-19-22-25-28-31-33-36-39-42-45-48-51-54-57-60-66(69)72-63-64(62-71-65(68)59-56-53-50-47-44-41-38-35-30-27-24-21-18-15-12-9-6-3)73-67(70)61-58-55-52-49-46-43-40-37-34-32-29-26-23-20-17-14-11-8-5-2/h16-17,19-20,25-30,64H,4-15,18,21-24,31-63H2,1-3H3/b19-16-,20-17-,28-25-,29-26-,30-27-/t64-/m0/s1. The third-order valence-electron chi connectivity index (χ3n) is 14.0. The van der Waals surface area contributed by atoms with Crippen LogP contribution in [-0.2, 0) is 28.6 Å². The summed E-state index contributed by atoms with van der Waals surface area (Å²) in [6.45, 7) is 6.62. The molecule has 0 amide bonds. The summed E-state index contributed by atoms with van der Waals surface area (Å²) in [5.74, 6) is -0.873. The molecule has 424 valence electrons. The second kappa shape index (κ2) is 61.7. The molecule has 0 radical (unpaired) electrons. The lowest BCUT2D eigenvalue weighted by molar-refractivity contribution is -0.167. The summed E-state index contributed by atoms with van der Waals surface area (Å²) in [7, 11) is 0. The Labute approximate surface area is 453 Å². The molecule has 0 aliphatic carbocycles. The molecule has 1 atom stereocenters. The average Bonchev–Trinajstić information content (AvgIpc) is 3.39. The number of hydrogen-bond donors (Lipinski definition) is 0. The van der Waals surface area contributed by atoms with Crippen LogP contribution in [0.3, 0.4) is 0 Å². The van der Waals surface area contributed by atoms with Crippen molar-refractivity contribution in [3.63, 3.8) is 0 Å². The third kappa shape index (κ3) is 59.9. The van der Waals surface area contributed by atoms with E-state index < -0.39 is 6.10 Å². The fourth-order valence-corrected chi connectivity index (χ4v) is 9.15. The normalized spacial score (nSPS) is 12.4. The van der Waals surface area contributed by atoms with Gasteiger partial charge < -0.3 is 14.2 Å². The largest absolute Gasteiger partial charge is 0.462 e. The van der Waals surface area contributed by atoms with Gasteiger partial charge in [-0.3, -0.25) is 14.4 Å². The molecule has 0 spiro atoms. The Bertz CT molecular complexity index is 1310. The van der Waals surface area contributed by atoms with Crippen molar-refractivity contribution in [2.24, 2.45) is 0 Å². The van der Waals surface area contributed by atoms with Gasteiger partial charge in [-0.2, -0.15) is 0 Å². The van der Waals surface area contributed by atoms with Crippen LogP contribution in [-0.4, -0.2) is 37.2 Å². The van der Waals surface area contributed by atoms with Gasteiger partial charge in [0, 0.05) is 19.3 Å². The number of carbonyl (C=O) groups excluding carboxylic acids is 3. The topological polar surface area (TPSA) is 78.9 Å². The average molecular weight is 1020 g/mol. The molecule has 0 N–H and O–H groups in total. The Hall–Kier alpha value is -2.89. The Balaban J connectivity index is 4.38. The molecular weight excluding hydrogens is 901 g/mol. The molecule has 0 aromatic rings. The van der Waals surface area contributed by atoms with E-state index in [-0.39, 0.29) is 31.1 Å². The minimum Gasteiger partial charge on any atom is -0.462 e. The molecule has 6 nitrogen and oxygen atoms in total. The number of carbonyl (C=O) groups is 3. The van der Waals surface area contributed by atoms with Crippen LogP contribution in [0.4, 0.5) is 0 Å². The van der Waals surface area contributed by atoms with Crippen LogP contribution in [0.2, 0.25) is 0 Å². The van der Waals surface area contributed by atoms with Crippen molar-refractivity contribution in [1.82, 2.24) is 0 Å². The molecule has 0 aromatic carbocycles. The zero-order valence-corrected chi connectivity index (χ0v) is 48.7. The Morgan fingerprint density at radius 3 is 0.795 bits per heavy atom. The van der Waals surface area contributed by atoms with Gasteiger partial charge >= 0.3 is 17.9 Å². The molecule has 0 saturated heterocycles. The monoisotopic (exact) mass is 1020 g/mol. The molecule has 0 saturated carbocycles. The van der Waals surface area contributed by atoms with Crippen LogP contribution in [0.5, 0.6) is 0 Å². The summed E-state index contributed by atoms with van der Waals surface area (Å²) in [6, 6.07) is 0. The first-order valence-corrected chi connectivity index (χ1v) is 31.8. The van der Waals surface area contributed by atoms with E-state index in [1.165, 1.54) is 218 Å². The Morgan fingerprint density at radius 2 is 0.493 bits per heavy atom. The minimum absolute atomic E-state index is 0.0777. The second-order valence-corrected chi connectivity index (χ2v) is 21.3. The van der Waals surface area contributed by atoms with Crippen LogP contribution < -0.4 is 0 Å². The van der Waals surface area contributed by atoms with E-state index >= 15 is 0 Å². The van der Waals surface area contributed by atoms with Crippen molar-refractivity contribution < 1.29 is 28.6 Å². The van der Waals surface area contributed by atoms with Crippen molar-refractivity contribution in [3.8, 4) is 0 Å². The molecule has 0 aliphatic heterocycles. The fraction of sp³-hybridized carbons (Fsp3) is 0.806. The molecule has 0 rings (SSSR count). The number of unbranched alkanes of at least 4 members (excludes halogenated alkanes) is 37. The van der Waals surface area contributed by atoms with E-state index in [0.29, 0.717) is 19.3 Å². The van der Waals surface area contributed by atoms with Gasteiger partial charge in [-0.25, -0.2) is 0 Å². The fourth-order valence-electron chi connectivity index (χ4n) is 9.15. The zero-order valence-electron chi connectivity index (χ0n) is 48.7. The Kier molecular flexibility index (Phi) is 59.2. The first kappa shape index (κ1) is 70.1. The van der Waals surface area contributed by atoms with Crippen molar-refractivity contribution >= 4 is 17.9 Å². The summed E-state index contributed by atoms with van der Waals surface area (Å²) >= 11 is 0. The van der Waals surface area contributed by atoms with Crippen LogP contribution in [0.1, 0.15) is 329 Å². The highest BCUT2D eigenvalue weighted by molar-refractivity contribution is 5.71. The maximum atomic E-state index is 12.9. The van der Waals surface area contributed by atoms with Gasteiger partial charge in [-0.15, -0.1) is 0 Å². The smallest absolute Gasteiger partial charge is 0.306 e. The molecule has 0 fully saturated rings. The number of hydrogen-bond acceptors (Lipinski definition) is 6. The molecule has 6 heteroatoms. The maximum Gasteiger partial charge on any atom is 0.306 e. The predicted octanol–water partition coefficient (Wildman–Crippen LogP) is 21.6. The summed E-state index contributed by atoms with van der Waals surface area (Å²) in [5, 5.41) is 0. The van der Waals surface area contributed by atoms with Gasteiger partial charge in [0.05, 0.1) is 0 Å². The molecule has 0 heterocycles. The van der Waals surface area contributed by atoms with E-state index in [4.69, 9.17) is 14.2 Å². The molecule has 73 heavy (non-hydrogen) atoms. The van der Waals surface area contributed by atoms with E-state index in [2.05, 4.69) is 81.5 Å². The van der Waals surface area contributed by atoms with E-state index in [1.54, 1.807) is 0 Å². The molecule has 0 unspecified atom stereocenters. The third-order valence-corrected chi connectivity index (χ3v) is 14.0. The quantitative estimate of drug-likeness (QED) is 0.0261. The first-order chi connectivity index (χ1) is 36.0. The highest BCUT2D eigenvalue weighted by Gasteiger charge is 2.19. The number of esters is 3. The summed E-state index contributed by atoms with van der Waals surface area (Å²) < 4.78 is 16.9. The highest BCUT2D eigenvalue weighted by Crippen LogP contribution is 2.16. The highest BCUT2D eigenvalue weighted by atomic mass is 16.6. The number of allylic oxidation sites excluding steroid dienone is 10. The van der Waals surface area contributed by atoms with Gasteiger partial charge in [-0.1, -0.05) is 261 Å². The van der Waals surface area contributed by atoms with Gasteiger partial charge in [0.15, 0.2) is 6.10 Å². The zero-order chi connectivity index (χ0) is 52.9. The molecule has 0 bridgehead atoms. The summed E-state index contributed by atoms with van der Waals surface area (Å²) in [5.41, 5.74) is 0. The minimum atomic E-state index is -0.781. The lowest BCUT2D eigenvalue weighted by atomic mass is 10.1. The summed E-state index contributed by atoms with van der Waals surface area (Å²) in [4.78, 5) is 38.3. The van der Waals surface area contributed by atoms with E-state index in [0.717, 1.165) is 70.6 Å². The van der Waals surface area contributed by atoms with Gasteiger partial charge in [0.2, 0.25) is 0 Å². The van der Waals surface area contributed by atoms with Crippen LogP contribution in [0, 0.1) is 0 Å². The lowest BCUT2D eigenvalue weighted by Gasteiger charge is -2.18. The number of rotatable bonds is 58. The maximum absolute atomic E-state index is 12.9. The van der Waals surface area contributed by atoms with E-state index in [1.807, 2.05) is 0 Å². The first-order valence-electron chi connectivity index (χ1n) is 31.8. The Morgan fingerprint density at radius 1 is 0.274 bits per heavy atom. The van der Waals surface area contributed by atoms with Crippen molar-refractivity contribution in [2.75, 3.05) is 13.2 Å². The van der Waals surface area contributed by atoms with Crippen LogP contribution >= 0.6 is 0 Å². The van der Waals surface area contributed by atoms with Crippen molar-refractivity contribution in [2.45, 2.75) is 335 Å². The van der Waals surface area contributed by atoms with Crippen molar-refractivity contribution in [3.05, 3.63) is 60.8 Å². The van der Waals surface area contributed by atoms with Crippen LogP contribution in [0.15, 0.2) is 60.8 Å². The second-order valence-electron chi connectivity index (χ2n) is 21.3. The number of ether oxygens (including phenoxy) is 3. The lowest BCUT2D eigenvalue weighted by Crippen LogP contribution is -2.30. The summed E-state index contributed by atoms with van der Waals surface area (Å²) in [6.07, 6.45) is 77.8. The van der Waals surface area contributed by atoms with Gasteiger partial charge in [0.1, 0.15) is 13.2 Å². The predicted molar refractivity (Wildman–Crippen MR) is 316 cm³/mol. The molecule has 0 aliphatic rings. The van der Waals surface area contributed by atoms with Gasteiger partial charge in [-0.05, 0) is 109 Å². The van der Waals surface area contributed by atoms with Crippen molar-refractivity contribution in [1.29, 1.82) is 0 Å². The molecule has 0 aromatic heterocycles. The van der Waals surface area contributed by atoms with E-state index in [9.17, 15) is 14.4 Å². The van der Waals surface area contributed by atoms with Crippen LogP contribution in [0.25, 0.3) is 0 Å². The van der Waals surface area contributed by atoms with Gasteiger partial charge in [0.25, 0.3) is 0 Å². The SMILES string of the molecule is CCCCC/C=C\C/C=C\CCCCCCCCCCCC(=O)OC[C@H](COC(=O)CCCCCCCCC/C=C\CCCCCCCC)OC(=O)CCCCCCCCCCC/C=C\C/C=C\CCCCC. The molecular formula is C67H120O6.